The summed E-state index contributed by atoms with van der Waals surface area (Å²) in [6.45, 7) is 0.244. The van der Waals surface area contributed by atoms with Crippen LogP contribution in [0.25, 0.3) is 0 Å². The van der Waals surface area contributed by atoms with Crippen LogP contribution in [0.4, 0.5) is 17.6 Å². The van der Waals surface area contributed by atoms with E-state index in [1.54, 1.807) is 0 Å². The predicted octanol–water partition coefficient (Wildman–Crippen LogP) is 3.72. The Kier molecular flexibility index (Phi) is 6.19. The highest BCUT2D eigenvalue weighted by atomic mass is 19.4. The zero-order valence-corrected chi connectivity index (χ0v) is 18.0. The van der Waals surface area contributed by atoms with Crippen molar-refractivity contribution < 1.29 is 41.0 Å². The maximum absolute atomic E-state index is 13.3. The van der Waals surface area contributed by atoms with Crippen molar-refractivity contribution >= 4 is 5.91 Å². The summed E-state index contributed by atoms with van der Waals surface area (Å²) in [4.78, 5) is 12.6. The number of fused-ring (bicyclic) bond motifs is 1. The molecule has 2 aliphatic heterocycles. The van der Waals surface area contributed by atoms with Crippen LogP contribution in [0.15, 0.2) is 22.6 Å². The van der Waals surface area contributed by atoms with Crippen LogP contribution in [0.1, 0.15) is 61.5 Å². The molecule has 3 atom stereocenters. The molecule has 0 unspecified atom stereocenters. The Morgan fingerprint density at radius 3 is 2.65 bits per heavy atom. The highest BCUT2D eigenvalue weighted by Gasteiger charge is 2.43. The van der Waals surface area contributed by atoms with Crippen molar-refractivity contribution in [3.63, 3.8) is 0 Å². The Bertz CT molecular complexity index is 1030. The molecule has 2 aromatic rings. The minimum Gasteiger partial charge on any atom is -0.480 e. The number of rotatable bonds is 5. The standard InChI is InChI=1S/C22H23F4N3O5/c23-13-2-5-16-11(7-13)1-4-17(32-16)19(30)27-14-3-6-18(31-10-14)21-29-28-20(33-21)12-8-15(9-12)34-22(24,25)26/h2,5,7,12,14-15,17-18H,1,3-4,6,8-10H2,(H,27,30)/t12?,14-,15?,17-,18+/m0/s1. The van der Waals surface area contributed by atoms with Gasteiger partial charge < -0.3 is 19.2 Å². The molecule has 0 radical (unpaired) electrons. The highest BCUT2D eigenvalue weighted by Crippen LogP contribution is 2.41. The van der Waals surface area contributed by atoms with E-state index in [2.05, 4.69) is 20.3 Å². The molecule has 1 aliphatic carbocycles. The summed E-state index contributed by atoms with van der Waals surface area (Å²) in [6, 6.07) is 4.04. The van der Waals surface area contributed by atoms with E-state index in [1.165, 1.54) is 18.2 Å². The number of alkyl halides is 3. The fourth-order valence-electron chi connectivity index (χ4n) is 4.49. The molecule has 1 aromatic heterocycles. The Labute approximate surface area is 191 Å². The van der Waals surface area contributed by atoms with Gasteiger partial charge in [-0.25, -0.2) is 4.39 Å². The number of aromatic nitrogens is 2. The van der Waals surface area contributed by atoms with Crippen molar-refractivity contribution in [1.29, 1.82) is 0 Å². The molecule has 1 N–H and O–H groups in total. The Morgan fingerprint density at radius 1 is 1.12 bits per heavy atom. The van der Waals surface area contributed by atoms with Crippen molar-refractivity contribution in [2.24, 2.45) is 0 Å². The number of nitrogens with zero attached hydrogens (tertiary/aromatic N) is 2. The van der Waals surface area contributed by atoms with Crippen LogP contribution in [-0.4, -0.2) is 47.3 Å². The van der Waals surface area contributed by atoms with E-state index in [0.717, 1.165) is 5.56 Å². The minimum atomic E-state index is -4.65. The van der Waals surface area contributed by atoms with E-state index < -0.39 is 24.7 Å². The third-order valence-electron chi connectivity index (χ3n) is 6.36. The average molecular weight is 485 g/mol. The van der Waals surface area contributed by atoms with Crippen molar-refractivity contribution in [3.8, 4) is 5.75 Å². The van der Waals surface area contributed by atoms with Gasteiger partial charge in [0.15, 0.2) is 6.10 Å². The third-order valence-corrected chi connectivity index (χ3v) is 6.36. The van der Waals surface area contributed by atoms with Gasteiger partial charge in [0.05, 0.1) is 18.8 Å². The van der Waals surface area contributed by atoms with E-state index in [1.807, 2.05) is 0 Å². The Balaban J connectivity index is 1.07. The number of amides is 1. The van der Waals surface area contributed by atoms with Gasteiger partial charge in [-0.05, 0) is 62.3 Å². The lowest BCUT2D eigenvalue weighted by molar-refractivity contribution is -0.352. The number of carbonyl (C=O) groups is 1. The molecule has 5 rings (SSSR count). The van der Waals surface area contributed by atoms with E-state index in [-0.39, 0.29) is 54.9 Å². The highest BCUT2D eigenvalue weighted by molar-refractivity contribution is 5.81. The van der Waals surface area contributed by atoms with Crippen LogP contribution >= 0.6 is 0 Å². The first-order valence-corrected chi connectivity index (χ1v) is 11.2. The van der Waals surface area contributed by atoms with Crippen LogP contribution < -0.4 is 10.1 Å². The molecule has 184 valence electrons. The molecule has 1 saturated heterocycles. The number of halogens is 4. The average Bonchev–Trinajstić information content (AvgIpc) is 3.25. The summed E-state index contributed by atoms with van der Waals surface area (Å²) in [5.41, 5.74) is 0.747. The number of ether oxygens (including phenoxy) is 3. The largest absolute Gasteiger partial charge is 0.522 e. The first-order valence-electron chi connectivity index (χ1n) is 11.2. The molecule has 3 aliphatic rings. The topological polar surface area (TPSA) is 95.7 Å². The minimum absolute atomic E-state index is 0.170. The molecule has 1 amide bonds. The maximum Gasteiger partial charge on any atom is 0.522 e. The van der Waals surface area contributed by atoms with Crippen LogP contribution in [0.3, 0.4) is 0 Å². The molecule has 0 bridgehead atoms. The summed E-state index contributed by atoms with van der Waals surface area (Å²) in [6.07, 6.45) is -4.13. The summed E-state index contributed by atoms with van der Waals surface area (Å²) < 4.78 is 71.3. The van der Waals surface area contributed by atoms with Crippen molar-refractivity contribution in [3.05, 3.63) is 41.4 Å². The number of benzene rings is 1. The second kappa shape index (κ2) is 9.14. The Morgan fingerprint density at radius 2 is 1.91 bits per heavy atom. The van der Waals surface area contributed by atoms with Crippen molar-refractivity contribution in [2.75, 3.05) is 6.61 Å². The molecule has 8 nitrogen and oxygen atoms in total. The number of nitrogens with one attached hydrogen (secondary N) is 1. The van der Waals surface area contributed by atoms with E-state index in [4.69, 9.17) is 13.9 Å². The first kappa shape index (κ1) is 23.0. The monoisotopic (exact) mass is 485 g/mol. The summed E-state index contributed by atoms with van der Waals surface area (Å²) in [5.74, 6) is 0.233. The van der Waals surface area contributed by atoms with Gasteiger partial charge in [0.2, 0.25) is 11.8 Å². The lowest BCUT2D eigenvalue weighted by Crippen LogP contribution is -2.48. The molecule has 1 saturated carbocycles. The zero-order valence-electron chi connectivity index (χ0n) is 18.0. The number of carbonyl (C=O) groups excluding carboxylic acids is 1. The SMILES string of the molecule is O=C(N[C@H]1CC[C@H](c2nnc(C3CC(OC(F)(F)F)C3)o2)OC1)[C@@H]1CCc2cc(F)ccc2O1. The fourth-order valence-corrected chi connectivity index (χ4v) is 4.49. The van der Waals surface area contributed by atoms with Gasteiger partial charge >= 0.3 is 6.36 Å². The quantitative estimate of drug-likeness (QED) is 0.645. The molecule has 12 heteroatoms. The van der Waals surface area contributed by atoms with Crippen LogP contribution in [0.2, 0.25) is 0 Å². The van der Waals surface area contributed by atoms with Gasteiger partial charge in [0.25, 0.3) is 5.91 Å². The number of aryl methyl sites for hydroxylation is 1. The van der Waals surface area contributed by atoms with Gasteiger partial charge in [0, 0.05) is 5.92 Å². The van der Waals surface area contributed by atoms with Gasteiger partial charge in [-0.2, -0.15) is 0 Å². The van der Waals surface area contributed by atoms with E-state index >= 15 is 0 Å². The second-order valence-electron chi connectivity index (χ2n) is 8.83. The van der Waals surface area contributed by atoms with Gasteiger partial charge in [-0.15, -0.1) is 23.4 Å². The first-order chi connectivity index (χ1) is 16.2. The molecule has 2 fully saturated rings. The normalized spacial score (nSPS) is 29.0. The maximum atomic E-state index is 13.3. The summed E-state index contributed by atoms with van der Waals surface area (Å²) in [7, 11) is 0. The number of hydrogen-bond acceptors (Lipinski definition) is 7. The smallest absolute Gasteiger partial charge is 0.480 e. The van der Waals surface area contributed by atoms with Crippen LogP contribution in [0, 0.1) is 5.82 Å². The summed E-state index contributed by atoms with van der Waals surface area (Å²) >= 11 is 0. The number of hydrogen-bond donors (Lipinski definition) is 1. The zero-order chi connectivity index (χ0) is 23.9. The van der Waals surface area contributed by atoms with Gasteiger partial charge in [0.1, 0.15) is 17.7 Å². The Hall–Kier alpha value is -2.73. The molecular weight excluding hydrogens is 462 g/mol. The molecule has 3 heterocycles. The fraction of sp³-hybridized carbons (Fsp3) is 0.591. The van der Waals surface area contributed by atoms with E-state index in [9.17, 15) is 22.4 Å². The van der Waals surface area contributed by atoms with Crippen molar-refractivity contribution in [2.45, 2.75) is 75.2 Å². The lowest BCUT2D eigenvalue weighted by Gasteiger charge is -2.33. The van der Waals surface area contributed by atoms with Gasteiger partial charge in [-0.3, -0.25) is 9.53 Å². The third kappa shape index (κ3) is 5.17. The van der Waals surface area contributed by atoms with Crippen LogP contribution in [-0.2, 0) is 20.7 Å². The summed E-state index contributed by atoms with van der Waals surface area (Å²) in [5, 5.41) is 10.9. The van der Waals surface area contributed by atoms with Crippen LogP contribution in [0.5, 0.6) is 5.75 Å². The molecule has 34 heavy (non-hydrogen) atoms. The molecule has 1 aromatic carbocycles. The second-order valence-corrected chi connectivity index (χ2v) is 8.83. The molecular formula is C22H23F4N3O5. The van der Waals surface area contributed by atoms with Gasteiger partial charge in [-0.1, -0.05) is 0 Å². The molecule has 0 spiro atoms. The van der Waals surface area contributed by atoms with Crippen molar-refractivity contribution in [1.82, 2.24) is 15.5 Å². The lowest BCUT2D eigenvalue weighted by atomic mass is 9.82. The predicted molar refractivity (Wildman–Crippen MR) is 106 cm³/mol. The van der Waals surface area contributed by atoms with E-state index in [0.29, 0.717) is 31.4 Å².